The molecule has 0 spiro atoms. The molecule has 0 fully saturated rings. The van der Waals surface area contributed by atoms with Gasteiger partial charge in [0, 0.05) is 20.3 Å². The summed E-state index contributed by atoms with van der Waals surface area (Å²) in [6.45, 7) is 4.03. The van der Waals surface area contributed by atoms with Crippen LogP contribution in [0.15, 0.2) is 42.0 Å². The van der Waals surface area contributed by atoms with Gasteiger partial charge < -0.3 is 0 Å². The maximum atomic E-state index is 11.0. The predicted molar refractivity (Wildman–Crippen MR) is 83.6 cm³/mol. The molecule has 1 aromatic heterocycles. The maximum Gasteiger partial charge on any atom is 0.146 e. The highest BCUT2D eigenvalue weighted by molar-refractivity contribution is 7.16. The zero-order valence-corrected chi connectivity index (χ0v) is 12.5. The fourth-order valence-corrected chi connectivity index (χ4v) is 3.04. The summed E-state index contributed by atoms with van der Waals surface area (Å²) in [6.07, 6.45) is 2.88. The average Bonchev–Trinajstić information content (AvgIpc) is 2.84. The lowest BCUT2D eigenvalue weighted by Crippen LogP contribution is -1.93. The number of carbonyl (C=O) groups excluding carboxylic acids is 1. The van der Waals surface area contributed by atoms with E-state index < -0.39 is 0 Å². The molecule has 1 aromatic carbocycles. The van der Waals surface area contributed by atoms with Gasteiger partial charge in [-0.3, -0.25) is 4.79 Å². The molecule has 1 nitrogen and oxygen atoms in total. The maximum absolute atomic E-state index is 11.0. The number of aldehydes is 1. The van der Waals surface area contributed by atoms with E-state index in [0.29, 0.717) is 0 Å². The quantitative estimate of drug-likeness (QED) is 0.551. The minimum Gasteiger partial charge on any atom is -0.298 e. The Labute approximate surface area is 122 Å². The molecule has 0 radical (unpaired) electrons. The fourth-order valence-electron chi connectivity index (χ4n) is 1.74. The van der Waals surface area contributed by atoms with E-state index in [1.54, 1.807) is 11.3 Å². The van der Waals surface area contributed by atoms with Gasteiger partial charge in [-0.25, -0.2) is 0 Å². The molecule has 0 amide bonds. The van der Waals surface area contributed by atoms with E-state index in [1.807, 2.05) is 56.3 Å². The van der Waals surface area contributed by atoms with Crippen molar-refractivity contribution in [3.8, 4) is 10.4 Å². The van der Waals surface area contributed by atoms with Crippen LogP contribution < -0.4 is 0 Å². The molecule has 98 valence electrons. The van der Waals surface area contributed by atoms with Gasteiger partial charge in [0.25, 0.3) is 0 Å². The van der Waals surface area contributed by atoms with Crippen molar-refractivity contribution in [2.24, 2.45) is 5.92 Å². The van der Waals surface area contributed by atoms with Gasteiger partial charge in [0.05, 0.1) is 0 Å². The Morgan fingerprint density at radius 2 is 1.95 bits per heavy atom. The van der Waals surface area contributed by atoms with E-state index in [4.69, 9.17) is 11.6 Å². The molecule has 0 atom stereocenters. The average molecular weight is 291 g/mol. The SMILES string of the molecule is CC(C)C(C=O)=Cc1ccc(-c2ccccc2Cl)s1. The first-order chi connectivity index (χ1) is 9.11. The first-order valence-electron chi connectivity index (χ1n) is 6.13. The van der Waals surface area contributed by atoms with Crippen molar-refractivity contribution in [3.63, 3.8) is 0 Å². The minimum atomic E-state index is 0.239. The number of hydrogen-bond donors (Lipinski definition) is 0. The number of benzene rings is 1. The van der Waals surface area contributed by atoms with E-state index in [0.717, 1.165) is 32.2 Å². The number of carbonyl (C=O) groups is 1. The van der Waals surface area contributed by atoms with Gasteiger partial charge >= 0.3 is 0 Å². The topological polar surface area (TPSA) is 17.1 Å². The van der Waals surface area contributed by atoms with E-state index in [2.05, 4.69) is 0 Å². The molecule has 3 heteroatoms. The highest BCUT2D eigenvalue weighted by Crippen LogP contribution is 2.34. The molecule has 0 aliphatic carbocycles. The summed E-state index contributed by atoms with van der Waals surface area (Å²) < 4.78 is 0. The lowest BCUT2D eigenvalue weighted by atomic mass is 10.0. The smallest absolute Gasteiger partial charge is 0.146 e. The van der Waals surface area contributed by atoms with Crippen LogP contribution in [0.25, 0.3) is 16.5 Å². The van der Waals surface area contributed by atoms with Crippen molar-refractivity contribution in [2.75, 3.05) is 0 Å². The summed E-state index contributed by atoms with van der Waals surface area (Å²) in [6, 6.07) is 11.8. The molecule has 0 saturated heterocycles. The van der Waals surface area contributed by atoms with Crippen LogP contribution in [0.4, 0.5) is 0 Å². The first kappa shape index (κ1) is 14.0. The Morgan fingerprint density at radius 1 is 1.21 bits per heavy atom. The Hall–Kier alpha value is -1.38. The molecule has 0 bridgehead atoms. The summed E-state index contributed by atoms with van der Waals surface area (Å²) in [7, 11) is 0. The van der Waals surface area contributed by atoms with Gasteiger partial charge in [-0.15, -0.1) is 11.3 Å². The lowest BCUT2D eigenvalue weighted by molar-refractivity contribution is -0.105. The van der Waals surface area contributed by atoms with Crippen LogP contribution in [0, 0.1) is 5.92 Å². The lowest BCUT2D eigenvalue weighted by Gasteiger charge is -2.02. The van der Waals surface area contributed by atoms with Gasteiger partial charge in [0.2, 0.25) is 0 Å². The van der Waals surface area contributed by atoms with Crippen LogP contribution >= 0.6 is 22.9 Å². The van der Waals surface area contributed by atoms with E-state index in [-0.39, 0.29) is 5.92 Å². The molecular weight excluding hydrogens is 276 g/mol. The standard InChI is InChI=1S/C16H15ClOS/c1-11(2)12(10-18)9-13-7-8-16(19-13)14-5-3-4-6-15(14)17/h3-11H,1-2H3. The second kappa shape index (κ2) is 6.18. The minimum absolute atomic E-state index is 0.239. The molecule has 0 aliphatic heterocycles. The molecule has 0 unspecified atom stereocenters. The van der Waals surface area contributed by atoms with Crippen molar-refractivity contribution >= 4 is 35.3 Å². The number of halogens is 1. The van der Waals surface area contributed by atoms with Crippen molar-refractivity contribution < 1.29 is 4.79 Å². The zero-order valence-electron chi connectivity index (χ0n) is 10.9. The van der Waals surface area contributed by atoms with Crippen LogP contribution in [-0.2, 0) is 4.79 Å². The zero-order chi connectivity index (χ0) is 13.8. The van der Waals surface area contributed by atoms with Crippen LogP contribution in [0.1, 0.15) is 18.7 Å². The van der Waals surface area contributed by atoms with Gasteiger partial charge in [0.1, 0.15) is 6.29 Å². The van der Waals surface area contributed by atoms with Crippen LogP contribution in [0.2, 0.25) is 5.02 Å². The third-order valence-electron chi connectivity index (χ3n) is 2.88. The molecule has 2 aromatic rings. The summed E-state index contributed by atoms with van der Waals surface area (Å²) in [5, 5.41) is 0.749. The van der Waals surface area contributed by atoms with Crippen molar-refractivity contribution in [1.29, 1.82) is 0 Å². The Bertz CT molecular complexity index is 611. The number of hydrogen-bond acceptors (Lipinski definition) is 2. The second-order valence-electron chi connectivity index (χ2n) is 4.60. The molecule has 1 heterocycles. The molecule has 2 rings (SSSR count). The van der Waals surface area contributed by atoms with E-state index in [9.17, 15) is 4.79 Å². The van der Waals surface area contributed by atoms with Gasteiger partial charge in [0.15, 0.2) is 0 Å². The van der Waals surface area contributed by atoms with Crippen molar-refractivity contribution in [1.82, 2.24) is 0 Å². The second-order valence-corrected chi connectivity index (χ2v) is 6.12. The van der Waals surface area contributed by atoms with Crippen LogP contribution in [0.5, 0.6) is 0 Å². The molecule has 0 saturated carbocycles. The highest BCUT2D eigenvalue weighted by atomic mass is 35.5. The van der Waals surface area contributed by atoms with Crippen LogP contribution in [-0.4, -0.2) is 6.29 Å². The first-order valence-corrected chi connectivity index (χ1v) is 7.32. The molecule has 0 aliphatic rings. The number of rotatable bonds is 4. The van der Waals surface area contributed by atoms with Gasteiger partial charge in [-0.2, -0.15) is 0 Å². The normalized spacial score (nSPS) is 11.9. The molecular formula is C16H15ClOS. The van der Waals surface area contributed by atoms with Gasteiger partial charge in [-0.05, 0) is 35.8 Å². The van der Waals surface area contributed by atoms with E-state index >= 15 is 0 Å². The van der Waals surface area contributed by atoms with E-state index in [1.165, 1.54) is 0 Å². The third-order valence-corrected chi connectivity index (χ3v) is 4.27. The number of thiophene rings is 1. The molecule has 19 heavy (non-hydrogen) atoms. The number of allylic oxidation sites excluding steroid dienone is 1. The summed E-state index contributed by atoms with van der Waals surface area (Å²) in [5.74, 6) is 0.239. The monoisotopic (exact) mass is 290 g/mol. The van der Waals surface area contributed by atoms with Crippen molar-refractivity contribution in [2.45, 2.75) is 13.8 Å². The molecule has 0 N–H and O–H groups in total. The fraction of sp³-hybridized carbons (Fsp3) is 0.188. The Balaban J connectivity index is 2.35. The predicted octanol–water partition coefficient (Wildman–Crippen LogP) is 5.31. The summed E-state index contributed by atoms with van der Waals surface area (Å²) >= 11 is 7.83. The Kier molecular flexibility index (Phi) is 4.56. The van der Waals surface area contributed by atoms with Crippen molar-refractivity contribution in [3.05, 3.63) is 51.9 Å². The van der Waals surface area contributed by atoms with Gasteiger partial charge in [-0.1, -0.05) is 43.6 Å². The highest BCUT2D eigenvalue weighted by Gasteiger charge is 2.07. The summed E-state index contributed by atoms with van der Waals surface area (Å²) in [4.78, 5) is 13.2. The van der Waals surface area contributed by atoms with Crippen LogP contribution in [0.3, 0.4) is 0 Å². The largest absolute Gasteiger partial charge is 0.298 e. The summed E-state index contributed by atoms with van der Waals surface area (Å²) in [5.41, 5.74) is 1.85. The third kappa shape index (κ3) is 3.34. The Morgan fingerprint density at radius 3 is 2.58 bits per heavy atom.